The number of aromatic nitrogens is 2. The zero-order valence-electron chi connectivity index (χ0n) is 15.2. The highest BCUT2D eigenvalue weighted by Crippen LogP contribution is 2.23. The van der Waals surface area contributed by atoms with E-state index >= 15 is 0 Å². The van der Waals surface area contributed by atoms with Gasteiger partial charge in [-0.15, -0.1) is 0 Å². The Bertz CT molecular complexity index is 753. The molecule has 5 heteroatoms. The maximum atomic E-state index is 11.8. The lowest BCUT2D eigenvalue weighted by molar-refractivity contribution is -0.127. The van der Waals surface area contributed by atoms with E-state index in [9.17, 15) is 4.79 Å². The molecular weight excluding hydrogens is 312 g/mol. The zero-order chi connectivity index (χ0) is 17.2. The number of carbonyl (C=O) groups excluding carboxylic acids is 1. The van der Waals surface area contributed by atoms with Crippen LogP contribution in [0.25, 0.3) is 5.65 Å². The highest BCUT2D eigenvalue weighted by Gasteiger charge is 2.26. The van der Waals surface area contributed by atoms with Crippen LogP contribution in [0, 0.1) is 6.92 Å². The van der Waals surface area contributed by atoms with Gasteiger partial charge in [-0.25, -0.2) is 4.98 Å². The Balaban J connectivity index is 1.42. The van der Waals surface area contributed by atoms with Crippen LogP contribution in [0.2, 0.25) is 0 Å². The lowest BCUT2D eigenvalue weighted by Gasteiger charge is -2.36. The van der Waals surface area contributed by atoms with Gasteiger partial charge in [0.1, 0.15) is 5.65 Å². The summed E-state index contributed by atoms with van der Waals surface area (Å²) in [4.78, 5) is 21.3. The zero-order valence-corrected chi connectivity index (χ0v) is 15.2. The van der Waals surface area contributed by atoms with Crippen LogP contribution in [0.1, 0.15) is 49.8 Å². The summed E-state index contributed by atoms with van der Waals surface area (Å²) in [6, 6.07) is 4.83. The van der Waals surface area contributed by atoms with Gasteiger partial charge in [0.25, 0.3) is 0 Å². The van der Waals surface area contributed by atoms with Crippen LogP contribution in [0.5, 0.6) is 0 Å². The van der Waals surface area contributed by atoms with Crippen LogP contribution < -0.4 is 0 Å². The minimum absolute atomic E-state index is 0.345. The second-order valence-electron chi connectivity index (χ2n) is 7.59. The normalized spacial score (nSPS) is 22.2. The SMILES string of the molecule is Cc1ccn2cc(CN3CCCC[C@H]3CCN3CCCC3=O)nc2c1. The van der Waals surface area contributed by atoms with E-state index in [2.05, 4.69) is 45.7 Å². The Hall–Kier alpha value is -1.88. The van der Waals surface area contributed by atoms with E-state index in [-0.39, 0.29) is 0 Å². The van der Waals surface area contributed by atoms with Crippen LogP contribution in [-0.2, 0) is 11.3 Å². The lowest BCUT2D eigenvalue weighted by atomic mass is 9.99. The largest absolute Gasteiger partial charge is 0.343 e. The van der Waals surface area contributed by atoms with Gasteiger partial charge in [-0.2, -0.15) is 0 Å². The first-order chi connectivity index (χ1) is 12.2. The molecule has 0 unspecified atom stereocenters. The predicted octanol–water partition coefficient (Wildman–Crippen LogP) is 3.01. The first-order valence-electron chi connectivity index (χ1n) is 9.65. The molecule has 134 valence electrons. The van der Waals surface area contributed by atoms with Crippen molar-refractivity contribution < 1.29 is 4.79 Å². The molecule has 0 radical (unpaired) electrons. The summed E-state index contributed by atoms with van der Waals surface area (Å²) < 4.78 is 2.12. The summed E-state index contributed by atoms with van der Waals surface area (Å²) in [5, 5.41) is 0. The Morgan fingerprint density at radius 3 is 3.00 bits per heavy atom. The molecule has 0 aliphatic carbocycles. The third-order valence-corrected chi connectivity index (χ3v) is 5.68. The topological polar surface area (TPSA) is 40.9 Å². The summed E-state index contributed by atoms with van der Waals surface area (Å²) in [7, 11) is 0. The summed E-state index contributed by atoms with van der Waals surface area (Å²) >= 11 is 0. The van der Waals surface area contributed by atoms with Crippen molar-refractivity contribution in [1.82, 2.24) is 19.2 Å². The van der Waals surface area contributed by atoms with E-state index in [0.717, 1.165) is 56.8 Å². The number of imidazole rings is 1. The molecule has 0 saturated carbocycles. The first kappa shape index (κ1) is 16.6. The lowest BCUT2D eigenvalue weighted by Crippen LogP contribution is -2.41. The van der Waals surface area contributed by atoms with Crippen molar-refractivity contribution in [3.63, 3.8) is 0 Å². The summed E-state index contributed by atoms with van der Waals surface area (Å²) in [6.45, 7) is 6.04. The van der Waals surface area contributed by atoms with Crippen molar-refractivity contribution in [2.75, 3.05) is 19.6 Å². The number of rotatable bonds is 5. The van der Waals surface area contributed by atoms with Crippen molar-refractivity contribution in [3.05, 3.63) is 35.8 Å². The average Bonchev–Trinajstić information content (AvgIpc) is 3.19. The standard InChI is InChI=1S/C20H28N4O/c1-16-7-11-24-15-17(21-19(24)13-16)14-23-9-3-2-5-18(23)8-12-22-10-4-6-20(22)25/h7,11,13,15,18H,2-6,8-10,12,14H2,1H3/t18-/m0/s1. The Morgan fingerprint density at radius 1 is 1.24 bits per heavy atom. The van der Waals surface area contributed by atoms with Gasteiger partial charge in [0.15, 0.2) is 0 Å². The van der Waals surface area contributed by atoms with Gasteiger partial charge in [0.2, 0.25) is 5.91 Å². The second kappa shape index (κ2) is 7.16. The van der Waals surface area contributed by atoms with Gasteiger partial charge in [-0.05, 0) is 56.8 Å². The van der Waals surface area contributed by atoms with Crippen LogP contribution in [0.3, 0.4) is 0 Å². The fourth-order valence-corrected chi connectivity index (χ4v) is 4.26. The van der Waals surface area contributed by atoms with Crippen molar-refractivity contribution in [2.24, 2.45) is 0 Å². The van der Waals surface area contributed by atoms with Crippen molar-refractivity contribution in [3.8, 4) is 0 Å². The van der Waals surface area contributed by atoms with Crippen LogP contribution >= 0.6 is 0 Å². The number of nitrogens with zero attached hydrogens (tertiary/aromatic N) is 4. The van der Waals surface area contributed by atoms with Crippen LogP contribution in [0.15, 0.2) is 24.5 Å². The number of amides is 1. The fraction of sp³-hybridized carbons (Fsp3) is 0.600. The van der Waals surface area contributed by atoms with Gasteiger partial charge < -0.3 is 9.30 Å². The molecule has 25 heavy (non-hydrogen) atoms. The van der Waals surface area contributed by atoms with Gasteiger partial charge in [0.05, 0.1) is 5.69 Å². The van der Waals surface area contributed by atoms with Crippen molar-refractivity contribution >= 4 is 11.6 Å². The number of carbonyl (C=O) groups is 1. The van der Waals surface area contributed by atoms with E-state index in [4.69, 9.17) is 4.98 Å². The van der Waals surface area contributed by atoms with E-state index in [1.54, 1.807) is 0 Å². The number of likely N-dealkylation sites (tertiary alicyclic amines) is 2. The molecular formula is C20H28N4O. The van der Waals surface area contributed by atoms with Gasteiger partial charge in [0, 0.05) is 44.5 Å². The Morgan fingerprint density at radius 2 is 2.16 bits per heavy atom. The van der Waals surface area contributed by atoms with E-state index < -0.39 is 0 Å². The van der Waals surface area contributed by atoms with Gasteiger partial charge >= 0.3 is 0 Å². The summed E-state index contributed by atoms with van der Waals surface area (Å²) in [6.07, 6.45) is 10.9. The molecule has 0 N–H and O–H groups in total. The minimum Gasteiger partial charge on any atom is -0.343 e. The van der Waals surface area contributed by atoms with Crippen LogP contribution in [-0.4, -0.2) is 50.8 Å². The first-order valence-corrected chi connectivity index (χ1v) is 9.65. The average molecular weight is 340 g/mol. The van der Waals surface area contributed by atoms with Crippen molar-refractivity contribution in [2.45, 2.75) is 58.0 Å². The van der Waals surface area contributed by atoms with E-state index in [0.29, 0.717) is 11.9 Å². The summed E-state index contributed by atoms with van der Waals surface area (Å²) in [5.74, 6) is 0.345. The molecule has 2 aromatic rings. The fourth-order valence-electron chi connectivity index (χ4n) is 4.26. The highest BCUT2D eigenvalue weighted by atomic mass is 16.2. The number of pyridine rings is 1. The molecule has 0 bridgehead atoms. The molecule has 5 nitrogen and oxygen atoms in total. The molecule has 2 saturated heterocycles. The maximum Gasteiger partial charge on any atom is 0.222 e. The molecule has 2 aliphatic heterocycles. The highest BCUT2D eigenvalue weighted by molar-refractivity contribution is 5.78. The number of fused-ring (bicyclic) bond motifs is 1. The van der Waals surface area contributed by atoms with Gasteiger partial charge in [-0.3, -0.25) is 9.69 Å². The molecule has 1 atom stereocenters. The summed E-state index contributed by atoms with van der Waals surface area (Å²) in [5.41, 5.74) is 3.43. The molecule has 4 rings (SSSR count). The quantitative estimate of drug-likeness (QED) is 0.840. The molecule has 2 aromatic heterocycles. The Kier molecular flexibility index (Phi) is 4.75. The number of aryl methyl sites for hydroxylation is 1. The molecule has 0 aromatic carbocycles. The maximum absolute atomic E-state index is 11.8. The monoisotopic (exact) mass is 340 g/mol. The van der Waals surface area contributed by atoms with E-state index in [1.807, 2.05) is 0 Å². The van der Waals surface area contributed by atoms with E-state index in [1.165, 1.54) is 24.8 Å². The predicted molar refractivity (Wildman–Crippen MR) is 98.4 cm³/mol. The second-order valence-corrected chi connectivity index (χ2v) is 7.59. The van der Waals surface area contributed by atoms with Crippen LogP contribution in [0.4, 0.5) is 0 Å². The van der Waals surface area contributed by atoms with Gasteiger partial charge in [-0.1, -0.05) is 6.42 Å². The number of piperidine rings is 1. The smallest absolute Gasteiger partial charge is 0.222 e. The third-order valence-electron chi connectivity index (χ3n) is 5.68. The van der Waals surface area contributed by atoms with Crippen molar-refractivity contribution in [1.29, 1.82) is 0 Å². The molecule has 0 spiro atoms. The number of hydrogen-bond donors (Lipinski definition) is 0. The molecule has 4 heterocycles. The third kappa shape index (κ3) is 3.71. The molecule has 2 fully saturated rings. The molecule has 1 amide bonds. The Labute approximate surface area is 149 Å². The molecule has 2 aliphatic rings. The minimum atomic E-state index is 0.345. The number of hydrogen-bond acceptors (Lipinski definition) is 3.